The first kappa shape index (κ1) is 14.4. The quantitative estimate of drug-likeness (QED) is 0.891. The molecule has 3 nitrogen and oxygen atoms in total. The molecule has 2 aromatic rings. The molecule has 0 bridgehead atoms. The highest BCUT2D eigenvalue weighted by molar-refractivity contribution is 9.10. The Morgan fingerprint density at radius 3 is 2.43 bits per heavy atom. The molecule has 0 atom stereocenters. The molecule has 0 saturated heterocycles. The fourth-order valence-electron chi connectivity index (χ4n) is 3.02. The van der Waals surface area contributed by atoms with Crippen molar-refractivity contribution in [1.29, 1.82) is 0 Å². The summed E-state index contributed by atoms with van der Waals surface area (Å²) in [7, 11) is 0. The van der Waals surface area contributed by atoms with Crippen LogP contribution in [0.5, 0.6) is 0 Å². The van der Waals surface area contributed by atoms with E-state index in [0.717, 1.165) is 39.5 Å². The molecule has 1 aliphatic rings. The standard InChI is InChI=1S/C17H19BrN2O/c1-10-15(17(19)21)11(2)20(9-12-3-4-12)16(10)13-5-7-14(18)8-6-13/h5-8,12H,3-4,9H2,1-2H3,(H2,19,21). The van der Waals surface area contributed by atoms with Gasteiger partial charge in [0.25, 0.3) is 5.91 Å². The van der Waals surface area contributed by atoms with Gasteiger partial charge in [0.15, 0.2) is 0 Å². The van der Waals surface area contributed by atoms with E-state index < -0.39 is 0 Å². The molecule has 1 fully saturated rings. The predicted molar refractivity (Wildman–Crippen MR) is 88.3 cm³/mol. The molecule has 110 valence electrons. The van der Waals surface area contributed by atoms with Gasteiger partial charge in [-0.25, -0.2) is 0 Å². The van der Waals surface area contributed by atoms with Crippen LogP contribution in [0.25, 0.3) is 11.3 Å². The maximum Gasteiger partial charge on any atom is 0.250 e. The number of hydrogen-bond acceptors (Lipinski definition) is 1. The van der Waals surface area contributed by atoms with Gasteiger partial charge in [0.1, 0.15) is 0 Å². The van der Waals surface area contributed by atoms with Crippen LogP contribution in [0.2, 0.25) is 0 Å². The van der Waals surface area contributed by atoms with Crippen LogP contribution in [-0.2, 0) is 6.54 Å². The SMILES string of the molecule is Cc1c(C(N)=O)c(C)n(CC2CC2)c1-c1ccc(Br)cc1. The van der Waals surface area contributed by atoms with Crippen molar-refractivity contribution in [3.8, 4) is 11.3 Å². The molecule has 1 aromatic carbocycles. The van der Waals surface area contributed by atoms with Gasteiger partial charge in [0.2, 0.25) is 0 Å². The molecular formula is C17H19BrN2O. The van der Waals surface area contributed by atoms with E-state index in [-0.39, 0.29) is 5.91 Å². The van der Waals surface area contributed by atoms with Gasteiger partial charge in [-0.2, -0.15) is 0 Å². The van der Waals surface area contributed by atoms with Crippen molar-refractivity contribution in [1.82, 2.24) is 4.57 Å². The van der Waals surface area contributed by atoms with Crippen molar-refractivity contribution in [2.24, 2.45) is 11.7 Å². The van der Waals surface area contributed by atoms with E-state index >= 15 is 0 Å². The van der Waals surface area contributed by atoms with Crippen LogP contribution in [0.15, 0.2) is 28.7 Å². The summed E-state index contributed by atoms with van der Waals surface area (Å²) < 4.78 is 3.33. The van der Waals surface area contributed by atoms with Gasteiger partial charge in [-0.1, -0.05) is 28.1 Å². The third-order valence-corrected chi connectivity index (χ3v) is 4.80. The average molecular weight is 347 g/mol. The second kappa shape index (κ2) is 5.34. The van der Waals surface area contributed by atoms with Crippen LogP contribution < -0.4 is 5.73 Å². The minimum atomic E-state index is -0.335. The largest absolute Gasteiger partial charge is 0.366 e. The van der Waals surface area contributed by atoms with Crippen molar-refractivity contribution in [3.05, 3.63) is 45.6 Å². The Hall–Kier alpha value is -1.55. The zero-order valence-electron chi connectivity index (χ0n) is 12.3. The average Bonchev–Trinajstić information content (AvgIpc) is 3.19. The maximum absolute atomic E-state index is 11.8. The normalized spacial score (nSPS) is 14.4. The van der Waals surface area contributed by atoms with E-state index in [2.05, 4.69) is 32.6 Å². The molecule has 2 N–H and O–H groups in total. The Morgan fingerprint density at radius 2 is 1.90 bits per heavy atom. The minimum Gasteiger partial charge on any atom is -0.366 e. The summed E-state index contributed by atoms with van der Waals surface area (Å²) in [5.41, 5.74) is 10.5. The first-order valence-corrected chi connectivity index (χ1v) is 8.03. The van der Waals surface area contributed by atoms with Crippen LogP contribution in [0.1, 0.15) is 34.5 Å². The van der Waals surface area contributed by atoms with Gasteiger partial charge in [0, 0.05) is 16.7 Å². The lowest BCUT2D eigenvalue weighted by molar-refractivity contribution is 0.0999. The smallest absolute Gasteiger partial charge is 0.250 e. The molecule has 1 heterocycles. The number of rotatable bonds is 4. The highest BCUT2D eigenvalue weighted by atomic mass is 79.9. The molecule has 1 aromatic heterocycles. The van der Waals surface area contributed by atoms with Crippen molar-refractivity contribution in [2.75, 3.05) is 0 Å². The monoisotopic (exact) mass is 346 g/mol. The highest BCUT2D eigenvalue weighted by Crippen LogP contribution is 2.37. The van der Waals surface area contributed by atoms with Gasteiger partial charge >= 0.3 is 0 Å². The summed E-state index contributed by atoms with van der Waals surface area (Å²) >= 11 is 3.47. The summed E-state index contributed by atoms with van der Waals surface area (Å²) in [4.78, 5) is 11.8. The van der Waals surface area contributed by atoms with Crippen molar-refractivity contribution >= 4 is 21.8 Å². The van der Waals surface area contributed by atoms with Crippen molar-refractivity contribution in [2.45, 2.75) is 33.2 Å². The Morgan fingerprint density at radius 1 is 1.29 bits per heavy atom. The molecule has 21 heavy (non-hydrogen) atoms. The lowest BCUT2D eigenvalue weighted by Gasteiger charge is -2.12. The van der Waals surface area contributed by atoms with Crippen molar-refractivity contribution in [3.63, 3.8) is 0 Å². The van der Waals surface area contributed by atoms with E-state index in [1.54, 1.807) is 0 Å². The Labute approximate surface area is 133 Å². The van der Waals surface area contributed by atoms with Gasteiger partial charge in [0.05, 0.1) is 11.3 Å². The number of hydrogen-bond donors (Lipinski definition) is 1. The molecule has 4 heteroatoms. The fourth-order valence-corrected chi connectivity index (χ4v) is 3.29. The lowest BCUT2D eigenvalue weighted by Crippen LogP contribution is -2.13. The zero-order chi connectivity index (χ0) is 15.1. The van der Waals surface area contributed by atoms with Crippen LogP contribution in [0.3, 0.4) is 0 Å². The highest BCUT2D eigenvalue weighted by Gasteiger charge is 2.27. The molecule has 0 radical (unpaired) electrons. The number of nitrogens with two attached hydrogens (primary N) is 1. The van der Waals surface area contributed by atoms with Crippen LogP contribution >= 0.6 is 15.9 Å². The summed E-state index contributed by atoms with van der Waals surface area (Å²) in [6.07, 6.45) is 2.56. The first-order chi connectivity index (χ1) is 9.99. The van der Waals surface area contributed by atoms with Gasteiger partial charge in [-0.15, -0.1) is 0 Å². The van der Waals surface area contributed by atoms with E-state index in [9.17, 15) is 4.79 Å². The third kappa shape index (κ3) is 2.64. The minimum absolute atomic E-state index is 0.335. The van der Waals surface area contributed by atoms with Gasteiger partial charge in [-0.05, 0) is 55.9 Å². The third-order valence-electron chi connectivity index (χ3n) is 4.27. The Balaban J connectivity index is 2.18. The molecule has 3 rings (SSSR count). The molecule has 1 amide bonds. The number of aromatic nitrogens is 1. The van der Waals surface area contributed by atoms with E-state index in [4.69, 9.17) is 5.73 Å². The molecule has 1 saturated carbocycles. The number of carbonyl (C=O) groups is 1. The number of primary amides is 1. The number of amides is 1. The zero-order valence-corrected chi connectivity index (χ0v) is 13.9. The molecule has 0 unspecified atom stereocenters. The first-order valence-electron chi connectivity index (χ1n) is 7.24. The summed E-state index contributed by atoms with van der Waals surface area (Å²) in [6, 6.07) is 8.23. The Bertz CT molecular complexity index is 697. The molecule has 0 aliphatic heterocycles. The lowest BCUT2D eigenvalue weighted by atomic mass is 10.0. The van der Waals surface area contributed by atoms with E-state index in [1.165, 1.54) is 12.8 Å². The second-order valence-electron chi connectivity index (χ2n) is 5.86. The number of nitrogens with zero attached hydrogens (tertiary/aromatic N) is 1. The summed E-state index contributed by atoms with van der Waals surface area (Å²) in [5, 5.41) is 0. The van der Waals surface area contributed by atoms with Gasteiger partial charge < -0.3 is 10.3 Å². The predicted octanol–water partition coefficient (Wildman–Crippen LogP) is 4.04. The number of benzene rings is 1. The molecule has 1 aliphatic carbocycles. The van der Waals surface area contributed by atoms with E-state index in [0.29, 0.717) is 5.56 Å². The summed E-state index contributed by atoms with van der Waals surface area (Å²) in [6.45, 7) is 4.97. The van der Waals surface area contributed by atoms with Crippen LogP contribution in [0.4, 0.5) is 0 Å². The number of carbonyl (C=O) groups excluding carboxylic acids is 1. The van der Waals surface area contributed by atoms with Crippen LogP contribution in [-0.4, -0.2) is 10.5 Å². The molecule has 0 spiro atoms. The fraction of sp³-hybridized carbons (Fsp3) is 0.353. The second-order valence-corrected chi connectivity index (χ2v) is 6.77. The number of halogens is 1. The summed E-state index contributed by atoms with van der Waals surface area (Å²) in [5.74, 6) is 0.406. The van der Waals surface area contributed by atoms with Gasteiger partial charge in [-0.3, -0.25) is 4.79 Å². The van der Waals surface area contributed by atoms with E-state index in [1.807, 2.05) is 26.0 Å². The maximum atomic E-state index is 11.8. The van der Waals surface area contributed by atoms with Crippen molar-refractivity contribution < 1.29 is 4.79 Å². The Kier molecular flexibility index (Phi) is 3.66. The topological polar surface area (TPSA) is 48.0 Å². The van der Waals surface area contributed by atoms with Crippen LogP contribution in [0, 0.1) is 19.8 Å². The molecular weight excluding hydrogens is 328 g/mol.